The molecule has 0 unspecified atom stereocenters. The number of anilines is 2. The average molecular weight is 670 g/mol. The predicted octanol–water partition coefficient (Wildman–Crippen LogP) is 10.0. The van der Waals surface area contributed by atoms with Gasteiger partial charge in [-0.1, -0.05) is 45.0 Å². The highest BCUT2D eigenvalue weighted by atomic mass is 28.4. The molecule has 3 aromatic rings. The monoisotopic (exact) mass is 669 g/mol. The molecule has 0 radical (unpaired) electrons. The van der Waals surface area contributed by atoms with Crippen LogP contribution in [0.25, 0.3) is 11.3 Å². The minimum atomic E-state index is -1.84. The van der Waals surface area contributed by atoms with Gasteiger partial charge in [-0.05, 0) is 130 Å². The number of carbonyl (C=O) groups excluding carboxylic acids is 1. The summed E-state index contributed by atoms with van der Waals surface area (Å²) in [5.74, 6) is 2.30. The van der Waals surface area contributed by atoms with Crippen molar-refractivity contribution in [1.29, 1.82) is 0 Å². The highest BCUT2D eigenvalue weighted by Gasteiger charge is 2.41. The summed E-state index contributed by atoms with van der Waals surface area (Å²) < 4.78 is 12.3. The summed E-state index contributed by atoms with van der Waals surface area (Å²) in [6.07, 6.45) is 10.4. The summed E-state index contributed by atoms with van der Waals surface area (Å²) in [6.45, 7) is 14.5. The Morgan fingerprint density at radius 3 is 2.19 bits per heavy atom. The molecular formula is C41H59N3O3Si. The quantitative estimate of drug-likeness (QED) is 0.201. The van der Waals surface area contributed by atoms with Gasteiger partial charge in [-0.25, -0.2) is 0 Å². The lowest BCUT2D eigenvalue weighted by atomic mass is 9.78. The number of amides is 1. The second-order valence-electron chi connectivity index (χ2n) is 16.1. The van der Waals surface area contributed by atoms with Crippen molar-refractivity contribution < 1.29 is 14.0 Å². The van der Waals surface area contributed by atoms with Crippen LogP contribution >= 0.6 is 0 Å². The molecule has 48 heavy (non-hydrogen) atoms. The molecule has 2 fully saturated rings. The number of benzene rings is 2. The number of pyridine rings is 1. The number of hydrogen-bond donors (Lipinski definition) is 0. The number of aromatic nitrogens is 1. The highest BCUT2D eigenvalue weighted by Crippen LogP contribution is 2.41. The molecule has 0 saturated heterocycles. The number of rotatable bonds is 10. The number of methoxy groups -OCH3 is 1. The molecule has 2 aliphatic rings. The summed E-state index contributed by atoms with van der Waals surface area (Å²) in [4.78, 5) is 23.5. The van der Waals surface area contributed by atoms with Crippen LogP contribution in [0.3, 0.4) is 0 Å². The summed E-state index contributed by atoms with van der Waals surface area (Å²) in [5.41, 5.74) is 6.64. The van der Waals surface area contributed by atoms with E-state index in [1.54, 1.807) is 7.11 Å². The maximum atomic E-state index is 14.5. The minimum absolute atomic E-state index is 0.0315. The molecule has 0 N–H and O–H groups in total. The summed E-state index contributed by atoms with van der Waals surface area (Å²) in [7, 11) is 3.95. The van der Waals surface area contributed by atoms with Crippen molar-refractivity contribution in [1.82, 2.24) is 4.98 Å². The molecule has 6 nitrogen and oxygen atoms in total. The van der Waals surface area contributed by atoms with Gasteiger partial charge in [0.2, 0.25) is 5.91 Å². The molecule has 7 heteroatoms. The lowest BCUT2D eigenvalue weighted by Crippen LogP contribution is -2.46. The normalized spacial score (nSPS) is 21.9. The number of hydrogen-bond acceptors (Lipinski definition) is 5. The van der Waals surface area contributed by atoms with Crippen LogP contribution in [0.15, 0.2) is 60.8 Å². The van der Waals surface area contributed by atoms with Crippen LogP contribution in [0.4, 0.5) is 11.4 Å². The molecule has 260 valence electrons. The van der Waals surface area contributed by atoms with Crippen LogP contribution in [0.1, 0.15) is 89.2 Å². The zero-order valence-electron chi connectivity index (χ0n) is 31.0. The minimum Gasteiger partial charge on any atom is -0.496 e. The van der Waals surface area contributed by atoms with Crippen molar-refractivity contribution in [3.05, 3.63) is 71.9 Å². The third-order valence-corrected chi connectivity index (χ3v) is 16.0. The van der Waals surface area contributed by atoms with Crippen molar-refractivity contribution in [2.24, 2.45) is 11.8 Å². The molecule has 5 rings (SSSR count). The first-order valence-electron chi connectivity index (χ1n) is 18.1. The smallest absolute Gasteiger partial charge is 0.230 e. The lowest BCUT2D eigenvalue weighted by molar-refractivity contribution is -0.124. The first-order valence-corrected chi connectivity index (χ1v) is 21.0. The van der Waals surface area contributed by atoms with Gasteiger partial charge in [0.1, 0.15) is 5.75 Å². The Labute approximate surface area is 291 Å². The van der Waals surface area contributed by atoms with Crippen LogP contribution in [-0.2, 0) is 9.22 Å². The molecule has 1 aromatic heterocycles. The van der Waals surface area contributed by atoms with Gasteiger partial charge in [-0.2, -0.15) is 0 Å². The number of nitrogens with zero attached hydrogens (tertiary/aromatic N) is 3. The molecule has 0 spiro atoms. The second-order valence-corrected chi connectivity index (χ2v) is 20.9. The molecule has 1 amide bonds. The maximum absolute atomic E-state index is 14.5. The number of carbonyl (C=O) groups is 1. The SMILES string of the molecule is COc1ccc(C2CCC(CN(C(=O)C3CCC(O[Si](C)(C)C(C)(C)C)CC3)c3cccc(-c4ccc(N(C)C)cn4)c3)CC2)cc1C. The number of aryl methyl sites for hydroxylation is 1. The number of ether oxygens (including phenoxy) is 1. The summed E-state index contributed by atoms with van der Waals surface area (Å²) in [5, 5.41) is 0.189. The van der Waals surface area contributed by atoms with Crippen LogP contribution in [0.5, 0.6) is 5.75 Å². The molecule has 2 aliphatic carbocycles. The Hall–Kier alpha value is -3.16. The van der Waals surface area contributed by atoms with Gasteiger partial charge in [0.15, 0.2) is 8.32 Å². The van der Waals surface area contributed by atoms with E-state index in [0.29, 0.717) is 11.8 Å². The van der Waals surface area contributed by atoms with E-state index in [-0.39, 0.29) is 23.0 Å². The van der Waals surface area contributed by atoms with Gasteiger partial charge in [-0.15, -0.1) is 0 Å². The van der Waals surface area contributed by atoms with Crippen molar-refractivity contribution in [3.63, 3.8) is 0 Å². The maximum Gasteiger partial charge on any atom is 0.230 e. The third-order valence-electron chi connectivity index (χ3n) is 11.5. The second kappa shape index (κ2) is 15.2. The van der Waals surface area contributed by atoms with E-state index in [1.165, 1.54) is 11.1 Å². The molecule has 1 heterocycles. The fourth-order valence-corrected chi connectivity index (χ4v) is 8.73. The Bertz CT molecular complexity index is 1510. The van der Waals surface area contributed by atoms with E-state index < -0.39 is 8.32 Å². The van der Waals surface area contributed by atoms with Gasteiger partial charge >= 0.3 is 0 Å². The van der Waals surface area contributed by atoms with Crippen molar-refractivity contribution in [3.8, 4) is 17.0 Å². The standard InChI is InChI=1S/C41H59N3O3Si/c1-29-25-33(19-24-39(29)46-7)31-15-13-30(14-16-31)28-44(35-12-10-11-34(26-35)38-23-20-36(27-42-38)43(5)6)40(45)32-17-21-37(22-18-32)47-48(8,9)41(2,3)4/h10-12,19-20,23-27,30-32,37H,13-18,21-22,28H2,1-9H3. The Morgan fingerprint density at radius 2 is 1.60 bits per heavy atom. The van der Waals surface area contributed by atoms with Crippen molar-refractivity contribution >= 4 is 25.6 Å². The van der Waals surface area contributed by atoms with Crippen molar-refractivity contribution in [2.45, 2.75) is 109 Å². The van der Waals surface area contributed by atoms with E-state index in [2.05, 4.69) is 105 Å². The van der Waals surface area contributed by atoms with Crippen LogP contribution in [-0.4, -0.2) is 53.1 Å². The fraction of sp³-hybridized carbons (Fsp3) is 0.561. The summed E-state index contributed by atoms with van der Waals surface area (Å²) >= 11 is 0. The molecule has 2 aromatic carbocycles. The van der Waals surface area contributed by atoms with Crippen LogP contribution in [0, 0.1) is 18.8 Å². The molecule has 0 aliphatic heterocycles. The Balaban J connectivity index is 1.32. The van der Waals surface area contributed by atoms with Gasteiger partial charge in [-0.3, -0.25) is 9.78 Å². The molecule has 2 saturated carbocycles. The van der Waals surface area contributed by atoms with Crippen LogP contribution < -0.4 is 14.5 Å². The van der Waals surface area contributed by atoms with E-state index >= 15 is 0 Å². The first kappa shape index (κ1) is 36.1. The van der Waals surface area contributed by atoms with E-state index in [4.69, 9.17) is 14.1 Å². The Morgan fingerprint density at radius 1 is 0.896 bits per heavy atom. The summed E-state index contributed by atoms with van der Waals surface area (Å²) in [6, 6.07) is 19.3. The first-order chi connectivity index (χ1) is 22.8. The van der Waals surface area contributed by atoms with Gasteiger partial charge in [0.05, 0.1) is 24.7 Å². The Kier molecular flexibility index (Phi) is 11.4. The zero-order valence-corrected chi connectivity index (χ0v) is 32.0. The fourth-order valence-electron chi connectivity index (χ4n) is 7.31. The molecular weight excluding hydrogens is 611 g/mol. The van der Waals surface area contributed by atoms with E-state index in [9.17, 15) is 4.79 Å². The van der Waals surface area contributed by atoms with E-state index in [0.717, 1.165) is 86.3 Å². The van der Waals surface area contributed by atoms with Gasteiger partial charge in [0, 0.05) is 43.9 Å². The topological polar surface area (TPSA) is 54.9 Å². The highest BCUT2D eigenvalue weighted by molar-refractivity contribution is 6.74. The van der Waals surface area contributed by atoms with Gasteiger partial charge in [0.25, 0.3) is 0 Å². The molecule has 0 bridgehead atoms. The molecule has 0 atom stereocenters. The zero-order chi connectivity index (χ0) is 34.6. The lowest BCUT2D eigenvalue weighted by Gasteiger charge is -2.41. The largest absolute Gasteiger partial charge is 0.496 e. The third kappa shape index (κ3) is 8.52. The van der Waals surface area contributed by atoms with E-state index in [1.807, 2.05) is 20.3 Å². The van der Waals surface area contributed by atoms with Crippen molar-refractivity contribution in [2.75, 3.05) is 37.5 Å². The van der Waals surface area contributed by atoms with Crippen LogP contribution in [0.2, 0.25) is 18.1 Å². The van der Waals surface area contributed by atoms with Gasteiger partial charge < -0.3 is 19.0 Å². The predicted molar refractivity (Wildman–Crippen MR) is 203 cm³/mol. The average Bonchev–Trinajstić information content (AvgIpc) is 3.07.